The van der Waals surface area contributed by atoms with Gasteiger partial charge in [0, 0.05) is 18.8 Å². The molecule has 0 spiro atoms. The van der Waals surface area contributed by atoms with Gasteiger partial charge in [-0.3, -0.25) is 4.99 Å². The van der Waals surface area contributed by atoms with E-state index in [1.54, 1.807) is 7.11 Å². The zero-order valence-electron chi connectivity index (χ0n) is 13.7. The number of aliphatic imine (C=N–C) groups is 1. The van der Waals surface area contributed by atoms with Crippen molar-refractivity contribution in [3.8, 4) is 5.75 Å². The van der Waals surface area contributed by atoms with Crippen LogP contribution < -0.4 is 15.8 Å². The smallest absolute Gasteiger partial charge is 0.193 e. The molecule has 1 aromatic rings. The molecule has 5 heteroatoms. The molecule has 5 nitrogen and oxygen atoms in total. The first-order chi connectivity index (χ1) is 10.7. The van der Waals surface area contributed by atoms with E-state index in [9.17, 15) is 0 Å². The molecule has 1 heterocycles. The number of nitrogens with zero attached hydrogens (tertiary/aromatic N) is 2. The van der Waals surface area contributed by atoms with Crippen molar-refractivity contribution in [1.82, 2.24) is 4.90 Å². The molecule has 0 radical (unpaired) electrons. The quantitative estimate of drug-likeness (QED) is 0.626. The van der Waals surface area contributed by atoms with Gasteiger partial charge in [0.1, 0.15) is 5.75 Å². The molecule has 2 rings (SSSR count). The monoisotopic (exact) mass is 304 g/mol. The van der Waals surface area contributed by atoms with Crippen molar-refractivity contribution in [2.24, 2.45) is 16.6 Å². The molecule has 1 aliphatic rings. The lowest BCUT2D eigenvalue weighted by atomic mass is 10.1. The average molecular weight is 304 g/mol. The minimum atomic E-state index is 0.468. The van der Waals surface area contributed by atoms with Crippen LogP contribution in [0.25, 0.3) is 0 Å². The maximum atomic E-state index is 5.95. The van der Waals surface area contributed by atoms with Crippen molar-refractivity contribution in [1.29, 1.82) is 0 Å². The van der Waals surface area contributed by atoms with Crippen LogP contribution in [0.3, 0.4) is 0 Å². The molecule has 0 amide bonds. The Morgan fingerprint density at radius 2 is 1.95 bits per heavy atom. The number of ether oxygens (including phenoxy) is 1. The number of methoxy groups -OCH3 is 1. The molecule has 22 heavy (non-hydrogen) atoms. The van der Waals surface area contributed by atoms with Crippen LogP contribution in [0.2, 0.25) is 0 Å². The third-order valence-corrected chi connectivity index (χ3v) is 3.95. The maximum Gasteiger partial charge on any atom is 0.193 e. The van der Waals surface area contributed by atoms with Gasteiger partial charge in [-0.25, -0.2) is 0 Å². The van der Waals surface area contributed by atoms with E-state index in [4.69, 9.17) is 10.5 Å². The highest BCUT2D eigenvalue weighted by molar-refractivity contribution is 5.92. The third-order valence-electron chi connectivity index (χ3n) is 3.95. The van der Waals surface area contributed by atoms with Crippen LogP contribution in [0, 0.1) is 5.92 Å². The lowest BCUT2D eigenvalue weighted by Gasteiger charge is -2.28. The number of anilines is 1. The Morgan fingerprint density at radius 3 is 2.59 bits per heavy atom. The topological polar surface area (TPSA) is 62.9 Å². The van der Waals surface area contributed by atoms with Gasteiger partial charge in [-0.2, -0.15) is 0 Å². The highest BCUT2D eigenvalue weighted by Crippen LogP contribution is 2.15. The van der Waals surface area contributed by atoms with E-state index < -0.39 is 0 Å². The van der Waals surface area contributed by atoms with Crippen LogP contribution in [0.5, 0.6) is 5.75 Å². The normalized spacial score (nSPS) is 18.0. The summed E-state index contributed by atoms with van der Waals surface area (Å²) < 4.78 is 5.13. The molecule has 1 aliphatic heterocycles. The molecular formula is C17H28N4O. The van der Waals surface area contributed by atoms with Gasteiger partial charge in [0.25, 0.3) is 0 Å². The third kappa shape index (κ3) is 5.56. The average Bonchev–Trinajstić information content (AvgIpc) is 2.55. The molecule has 3 N–H and O–H groups in total. The fourth-order valence-electron chi connectivity index (χ4n) is 2.76. The minimum absolute atomic E-state index is 0.468. The maximum absolute atomic E-state index is 5.95. The van der Waals surface area contributed by atoms with E-state index >= 15 is 0 Å². The Hall–Kier alpha value is -1.75. The van der Waals surface area contributed by atoms with E-state index in [1.165, 1.54) is 32.4 Å². The summed E-state index contributed by atoms with van der Waals surface area (Å²) in [5, 5.41) is 3.11. The Bertz CT molecular complexity index is 466. The summed E-state index contributed by atoms with van der Waals surface area (Å²) in [5.74, 6) is 1.82. The predicted octanol–water partition coefficient (Wildman–Crippen LogP) is 2.54. The molecule has 0 saturated carbocycles. The van der Waals surface area contributed by atoms with Crippen LogP contribution in [-0.2, 0) is 0 Å². The predicted molar refractivity (Wildman–Crippen MR) is 92.6 cm³/mol. The zero-order valence-corrected chi connectivity index (χ0v) is 13.7. The molecule has 1 unspecified atom stereocenters. The van der Waals surface area contributed by atoms with Gasteiger partial charge in [0.2, 0.25) is 0 Å². The lowest BCUT2D eigenvalue weighted by Crippen LogP contribution is -2.34. The Kier molecular flexibility index (Phi) is 6.52. The number of nitrogens with two attached hydrogens (primary N) is 1. The van der Waals surface area contributed by atoms with Gasteiger partial charge in [-0.15, -0.1) is 0 Å². The number of benzene rings is 1. The molecule has 122 valence electrons. The van der Waals surface area contributed by atoms with E-state index in [-0.39, 0.29) is 0 Å². The SMILES string of the molecule is COc1ccc(NC(N)=NCC(C)CN2CCCCC2)cc1. The van der Waals surface area contributed by atoms with E-state index in [0.717, 1.165) is 24.5 Å². The largest absolute Gasteiger partial charge is 0.497 e. The molecule has 1 saturated heterocycles. The van der Waals surface area contributed by atoms with Gasteiger partial charge < -0.3 is 20.7 Å². The first kappa shape index (κ1) is 16.6. The van der Waals surface area contributed by atoms with Gasteiger partial charge in [-0.1, -0.05) is 13.3 Å². The van der Waals surface area contributed by atoms with Crippen LogP contribution in [0.15, 0.2) is 29.3 Å². The van der Waals surface area contributed by atoms with Crippen LogP contribution >= 0.6 is 0 Å². The molecule has 0 aromatic heterocycles. The van der Waals surface area contributed by atoms with E-state index in [1.807, 2.05) is 24.3 Å². The van der Waals surface area contributed by atoms with Gasteiger partial charge in [0.05, 0.1) is 7.11 Å². The van der Waals surface area contributed by atoms with Crippen LogP contribution in [0.4, 0.5) is 5.69 Å². The molecule has 0 aliphatic carbocycles. The summed E-state index contributed by atoms with van der Waals surface area (Å²) in [6.45, 7) is 6.56. The van der Waals surface area contributed by atoms with Crippen molar-refractivity contribution in [2.45, 2.75) is 26.2 Å². The number of guanidine groups is 1. The molecule has 1 aromatic carbocycles. The Morgan fingerprint density at radius 1 is 1.27 bits per heavy atom. The van der Waals surface area contributed by atoms with E-state index in [2.05, 4.69) is 22.1 Å². The first-order valence-electron chi connectivity index (χ1n) is 8.10. The summed E-state index contributed by atoms with van der Waals surface area (Å²) >= 11 is 0. The number of likely N-dealkylation sites (tertiary alicyclic amines) is 1. The summed E-state index contributed by atoms with van der Waals surface area (Å²) in [6.07, 6.45) is 4.04. The second-order valence-corrected chi connectivity index (χ2v) is 6.05. The number of nitrogens with one attached hydrogen (secondary N) is 1. The number of hydrogen-bond acceptors (Lipinski definition) is 3. The molecule has 1 fully saturated rings. The van der Waals surface area contributed by atoms with Crippen LogP contribution in [-0.4, -0.2) is 44.1 Å². The molecule has 0 bridgehead atoms. The second kappa shape index (κ2) is 8.63. The first-order valence-corrected chi connectivity index (χ1v) is 8.10. The van der Waals surface area contributed by atoms with Crippen molar-refractivity contribution >= 4 is 11.6 Å². The fourth-order valence-corrected chi connectivity index (χ4v) is 2.76. The minimum Gasteiger partial charge on any atom is -0.497 e. The van der Waals surface area contributed by atoms with Crippen molar-refractivity contribution < 1.29 is 4.74 Å². The Labute approximate surface area is 133 Å². The zero-order chi connectivity index (χ0) is 15.8. The van der Waals surface area contributed by atoms with Crippen molar-refractivity contribution in [3.05, 3.63) is 24.3 Å². The lowest BCUT2D eigenvalue weighted by molar-refractivity contribution is 0.203. The molecular weight excluding hydrogens is 276 g/mol. The summed E-state index contributed by atoms with van der Waals surface area (Å²) in [5.41, 5.74) is 6.87. The number of rotatable bonds is 6. The van der Waals surface area contributed by atoms with Gasteiger partial charge in [-0.05, 0) is 56.1 Å². The van der Waals surface area contributed by atoms with Crippen molar-refractivity contribution in [2.75, 3.05) is 38.6 Å². The summed E-state index contributed by atoms with van der Waals surface area (Å²) in [4.78, 5) is 6.99. The summed E-state index contributed by atoms with van der Waals surface area (Å²) in [6, 6.07) is 7.65. The Balaban J connectivity index is 1.75. The highest BCUT2D eigenvalue weighted by atomic mass is 16.5. The molecule has 1 atom stereocenters. The number of piperidine rings is 1. The van der Waals surface area contributed by atoms with Gasteiger partial charge in [0.15, 0.2) is 5.96 Å². The van der Waals surface area contributed by atoms with E-state index in [0.29, 0.717) is 11.9 Å². The van der Waals surface area contributed by atoms with Crippen molar-refractivity contribution in [3.63, 3.8) is 0 Å². The highest BCUT2D eigenvalue weighted by Gasteiger charge is 2.13. The van der Waals surface area contributed by atoms with Crippen LogP contribution in [0.1, 0.15) is 26.2 Å². The van der Waals surface area contributed by atoms with Gasteiger partial charge >= 0.3 is 0 Å². The summed E-state index contributed by atoms with van der Waals surface area (Å²) in [7, 11) is 1.65. The second-order valence-electron chi connectivity index (χ2n) is 6.05. The standard InChI is InChI=1S/C17H28N4O/c1-14(13-21-10-4-3-5-11-21)12-19-17(18)20-15-6-8-16(22-2)9-7-15/h6-9,14H,3-5,10-13H2,1-2H3,(H3,18,19,20). The fraction of sp³-hybridized carbons (Fsp3) is 0.588. The number of hydrogen-bond donors (Lipinski definition) is 2.